The number of thiophene rings is 1. The summed E-state index contributed by atoms with van der Waals surface area (Å²) in [6.07, 6.45) is 12.7. The van der Waals surface area contributed by atoms with E-state index in [4.69, 9.17) is 0 Å². The van der Waals surface area contributed by atoms with Gasteiger partial charge in [0.25, 0.3) is 0 Å². The molecule has 19 heavy (non-hydrogen) atoms. The quantitative estimate of drug-likeness (QED) is 0.443. The molecule has 0 aliphatic carbocycles. The number of rotatable bonds is 12. The molecule has 0 aromatic carbocycles. The fraction of sp³-hybridized carbons (Fsp3) is 0.706. The zero-order valence-electron chi connectivity index (χ0n) is 12.3. The molecule has 108 valence electrons. The Kier molecular flexibility index (Phi) is 9.70. The van der Waals surface area contributed by atoms with Crippen molar-refractivity contribution >= 4 is 17.1 Å². The first-order valence-corrected chi connectivity index (χ1v) is 8.75. The fourth-order valence-corrected chi connectivity index (χ4v) is 3.07. The Bertz CT molecular complexity index is 316. The van der Waals surface area contributed by atoms with Crippen molar-refractivity contribution < 1.29 is 4.79 Å². The Balaban J connectivity index is 1.88. The molecule has 0 unspecified atom stereocenters. The van der Waals surface area contributed by atoms with Crippen molar-refractivity contribution in [3.05, 3.63) is 22.4 Å². The van der Waals surface area contributed by atoms with E-state index in [2.05, 4.69) is 24.4 Å². The third-order valence-corrected chi connectivity index (χ3v) is 4.45. The van der Waals surface area contributed by atoms with Gasteiger partial charge in [0, 0.05) is 17.7 Å². The fourth-order valence-electron chi connectivity index (χ4n) is 2.32. The largest absolute Gasteiger partial charge is 0.300 e. The molecule has 1 aromatic heterocycles. The van der Waals surface area contributed by atoms with Crippen LogP contribution in [0.1, 0.15) is 76.0 Å². The molecule has 0 saturated heterocycles. The van der Waals surface area contributed by atoms with Gasteiger partial charge in [-0.1, -0.05) is 51.5 Å². The van der Waals surface area contributed by atoms with Gasteiger partial charge in [0.2, 0.25) is 0 Å². The summed E-state index contributed by atoms with van der Waals surface area (Å²) in [6.45, 7) is 2.24. The predicted molar refractivity (Wildman–Crippen MR) is 84.9 cm³/mol. The second-order valence-corrected chi connectivity index (χ2v) is 6.38. The summed E-state index contributed by atoms with van der Waals surface area (Å²) in [4.78, 5) is 13.1. The zero-order chi connectivity index (χ0) is 13.8. The van der Waals surface area contributed by atoms with Crippen LogP contribution in [-0.4, -0.2) is 5.78 Å². The summed E-state index contributed by atoms with van der Waals surface area (Å²) in [5, 5.41) is 2.11. The van der Waals surface area contributed by atoms with Gasteiger partial charge in [-0.3, -0.25) is 4.79 Å². The Morgan fingerprint density at radius 3 is 2.37 bits per heavy atom. The lowest BCUT2D eigenvalue weighted by Gasteiger charge is -2.02. The maximum absolute atomic E-state index is 11.7. The first-order valence-electron chi connectivity index (χ1n) is 7.87. The zero-order valence-corrected chi connectivity index (χ0v) is 13.1. The summed E-state index contributed by atoms with van der Waals surface area (Å²) in [6, 6.07) is 4.24. The van der Waals surface area contributed by atoms with E-state index in [0.29, 0.717) is 5.78 Å². The SMILES string of the molecule is CCCCCCCCCC(=O)CCCc1cccs1. The second kappa shape index (κ2) is 11.2. The maximum Gasteiger partial charge on any atom is 0.132 e. The number of hydrogen-bond acceptors (Lipinski definition) is 2. The minimum absolute atomic E-state index is 0.463. The van der Waals surface area contributed by atoms with E-state index < -0.39 is 0 Å². The summed E-state index contributed by atoms with van der Waals surface area (Å²) in [7, 11) is 0. The standard InChI is InChI=1S/C17H28OS/c1-2-3-4-5-6-7-8-11-16(18)12-9-13-17-14-10-15-19-17/h10,14-15H,2-9,11-13H2,1H3. The number of ketones is 1. The molecule has 1 rings (SSSR count). The van der Waals surface area contributed by atoms with Gasteiger partial charge in [0.05, 0.1) is 0 Å². The van der Waals surface area contributed by atoms with Crippen molar-refractivity contribution in [2.45, 2.75) is 77.6 Å². The lowest BCUT2D eigenvalue weighted by molar-refractivity contribution is -0.119. The number of aryl methyl sites for hydroxylation is 1. The monoisotopic (exact) mass is 280 g/mol. The van der Waals surface area contributed by atoms with Gasteiger partial charge < -0.3 is 0 Å². The lowest BCUT2D eigenvalue weighted by atomic mass is 10.0. The molecule has 1 nitrogen and oxygen atoms in total. The molecule has 0 aliphatic heterocycles. The van der Waals surface area contributed by atoms with Gasteiger partial charge in [0.15, 0.2) is 0 Å². The van der Waals surface area contributed by atoms with Crippen LogP contribution < -0.4 is 0 Å². The number of hydrogen-bond donors (Lipinski definition) is 0. The van der Waals surface area contributed by atoms with Gasteiger partial charge in [0.1, 0.15) is 5.78 Å². The molecule has 0 aliphatic rings. The van der Waals surface area contributed by atoms with Crippen molar-refractivity contribution in [1.29, 1.82) is 0 Å². The first kappa shape index (κ1) is 16.4. The van der Waals surface area contributed by atoms with E-state index >= 15 is 0 Å². The van der Waals surface area contributed by atoms with Crippen molar-refractivity contribution in [3.63, 3.8) is 0 Å². The Morgan fingerprint density at radius 1 is 1.00 bits per heavy atom. The van der Waals surface area contributed by atoms with Gasteiger partial charge in [-0.25, -0.2) is 0 Å². The molecule has 2 heteroatoms. The van der Waals surface area contributed by atoms with Crippen molar-refractivity contribution in [3.8, 4) is 0 Å². The van der Waals surface area contributed by atoms with Crippen LogP contribution in [0, 0.1) is 0 Å². The minimum Gasteiger partial charge on any atom is -0.300 e. The lowest BCUT2D eigenvalue weighted by Crippen LogP contribution is -1.98. The highest BCUT2D eigenvalue weighted by molar-refractivity contribution is 7.09. The molecular weight excluding hydrogens is 252 g/mol. The molecule has 0 N–H and O–H groups in total. The van der Waals surface area contributed by atoms with Crippen LogP contribution in [0.3, 0.4) is 0 Å². The third kappa shape index (κ3) is 8.99. The molecule has 1 aromatic rings. The second-order valence-electron chi connectivity index (χ2n) is 5.34. The highest BCUT2D eigenvalue weighted by Gasteiger charge is 2.02. The van der Waals surface area contributed by atoms with Crippen molar-refractivity contribution in [1.82, 2.24) is 0 Å². The van der Waals surface area contributed by atoms with Crippen LogP contribution in [-0.2, 0) is 11.2 Å². The van der Waals surface area contributed by atoms with Crippen LogP contribution in [0.25, 0.3) is 0 Å². The van der Waals surface area contributed by atoms with Crippen molar-refractivity contribution in [2.75, 3.05) is 0 Å². The summed E-state index contributed by atoms with van der Waals surface area (Å²) in [5.41, 5.74) is 0. The topological polar surface area (TPSA) is 17.1 Å². The van der Waals surface area contributed by atoms with Crippen LogP contribution in [0.5, 0.6) is 0 Å². The van der Waals surface area contributed by atoms with Crippen LogP contribution in [0.2, 0.25) is 0 Å². The number of Topliss-reactive ketones (excluding diaryl/α,β-unsaturated/α-hetero) is 1. The van der Waals surface area contributed by atoms with Gasteiger partial charge in [-0.05, 0) is 30.7 Å². The Morgan fingerprint density at radius 2 is 1.68 bits per heavy atom. The average molecular weight is 280 g/mol. The molecule has 0 atom stereocenters. The van der Waals surface area contributed by atoms with Crippen LogP contribution in [0.4, 0.5) is 0 Å². The van der Waals surface area contributed by atoms with Gasteiger partial charge in [-0.15, -0.1) is 11.3 Å². The van der Waals surface area contributed by atoms with E-state index in [9.17, 15) is 4.79 Å². The number of carbonyl (C=O) groups is 1. The average Bonchev–Trinajstić information content (AvgIpc) is 2.91. The minimum atomic E-state index is 0.463. The van der Waals surface area contributed by atoms with E-state index in [1.165, 1.54) is 43.4 Å². The normalized spacial score (nSPS) is 10.8. The first-order chi connectivity index (χ1) is 9.33. The highest BCUT2D eigenvalue weighted by Crippen LogP contribution is 2.13. The van der Waals surface area contributed by atoms with Crippen LogP contribution >= 0.6 is 11.3 Å². The summed E-state index contributed by atoms with van der Waals surface area (Å²) in [5.74, 6) is 0.463. The van der Waals surface area contributed by atoms with E-state index in [0.717, 1.165) is 32.1 Å². The van der Waals surface area contributed by atoms with Crippen LogP contribution in [0.15, 0.2) is 17.5 Å². The Hall–Kier alpha value is -0.630. The maximum atomic E-state index is 11.7. The molecule has 0 saturated carbocycles. The molecule has 0 bridgehead atoms. The van der Waals surface area contributed by atoms with Crippen molar-refractivity contribution in [2.24, 2.45) is 0 Å². The summed E-state index contributed by atoms with van der Waals surface area (Å²) >= 11 is 1.79. The molecule has 0 fully saturated rings. The molecule has 0 spiro atoms. The molecule has 0 amide bonds. The van der Waals surface area contributed by atoms with E-state index in [1.54, 1.807) is 11.3 Å². The highest BCUT2D eigenvalue weighted by atomic mass is 32.1. The summed E-state index contributed by atoms with van der Waals surface area (Å²) < 4.78 is 0. The van der Waals surface area contributed by atoms with E-state index in [-0.39, 0.29) is 0 Å². The third-order valence-electron chi connectivity index (χ3n) is 3.52. The predicted octanol–water partition coefficient (Wildman–Crippen LogP) is 5.78. The molecule has 1 heterocycles. The number of carbonyl (C=O) groups excluding carboxylic acids is 1. The number of unbranched alkanes of at least 4 members (excludes halogenated alkanes) is 6. The Labute approximate surface area is 122 Å². The molecular formula is C17H28OS. The van der Waals surface area contributed by atoms with Gasteiger partial charge >= 0.3 is 0 Å². The molecule has 0 radical (unpaired) electrons. The van der Waals surface area contributed by atoms with Gasteiger partial charge in [-0.2, -0.15) is 0 Å². The smallest absolute Gasteiger partial charge is 0.132 e. The van der Waals surface area contributed by atoms with E-state index in [1.807, 2.05) is 0 Å².